The Kier molecular flexibility index (Phi) is 2.67. The number of phenols is 1. The van der Waals surface area contributed by atoms with Gasteiger partial charge in [-0.2, -0.15) is 4.99 Å². The van der Waals surface area contributed by atoms with Crippen molar-refractivity contribution >= 4 is 6.08 Å². The van der Waals surface area contributed by atoms with Gasteiger partial charge in [-0.3, -0.25) is 0 Å². The van der Waals surface area contributed by atoms with Crippen LogP contribution in [0.2, 0.25) is 0 Å². The second-order valence-electron chi connectivity index (χ2n) is 3.97. The molecule has 0 saturated heterocycles. The molecule has 4 nitrogen and oxygen atoms in total. The molecule has 2 rings (SSSR count). The summed E-state index contributed by atoms with van der Waals surface area (Å²) in [6.45, 7) is 0. The van der Waals surface area contributed by atoms with Crippen LogP contribution in [0, 0.1) is 0 Å². The van der Waals surface area contributed by atoms with Crippen molar-refractivity contribution in [1.82, 2.24) is 0 Å². The van der Waals surface area contributed by atoms with Crippen molar-refractivity contribution in [2.45, 2.75) is 24.8 Å². The van der Waals surface area contributed by atoms with Crippen LogP contribution in [-0.2, 0) is 10.3 Å². The molecule has 0 amide bonds. The normalized spacial score (nSPS) is 17.1. The lowest BCUT2D eigenvalue weighted by molar-refractivity contribution is 0.245. The lowest BCUT2D eigenvalue weighted by Gasteiger charge is -2.37. The maximum absolute atomic E-state index is 10.5. The van der Waals surface area contributed by atoms with Crippen LogP contribution in [0.3, 0.4) is 0 Å². The van der Waals surface area contributed by atoms with E-state index in [4.69, 9.17) is 4.74 Å². The minimum atomic E-state index is -0.485. The summed E-state index contributed by atoms with van der Waals surface area (Å²) in [6, 6.07) is 4.88. The Morgan fingerprint density at radius 3 is 2.75 bits per heavy atom. The molecule has 16 heavy (non-hydrogen) atoms. The number of phenolic OH excluding ortho intramolecular Hbond substituents is 1. The summed E-state index contributed by atoms with van der Waals surface area (Å²) in [5.41, 5.74) is 0.364. The standard InChI is InChI=1S/C12H13NO3/c1-16-11-7-9(15)3-4-10(11)12(13-8-14)5-2-6-12/h3-4,7,15H,2,5-6H2,1H3. The van der Waals surface area contributed by atoms with Crippen LogP contribution in [0.4, 0.5) is 0 Å². The third-order valence-corrected chi connectivity index (χ3v) is 3.13. The highest BCUT2D eigenvalue weighted by atomic mass is 16.5. The molecule has 1 fully saturated rings. The summed E-state index contributed by atoms with van der Waals surface area (Å²) in [5.74, 6) is 0.712. The molecule has 0 aromatic heterocycles. The van der Waals surface area contributed by atoms with Gasteiger partial charge in [0.1, 0.15) is 17.0 Å². The summed E-state index contributed by atoms with van der Waals surface area (Å²) in [5, 5.41) is 9.37. The van der Waals surface area contributed by atoms with Gasteiger partial charge in [0.2, 0.25) is 6.08 Å². The van der Waals surface area contributed by atoms with Gasteiger partial charge in [-0.05, 0) is 31.4 Å². The number of nitrogens with zero attached hydrogens (tertiary/aromatic N) is 1. The van der Waals surface area contributed by atoms with Crippen molar-refractivity contribution in [1.29, 1.82) is 0 Å². The van der Waals surface area contributed by atoms with Crippen LogP contribution in [-0.4, -0.2) is 18.3 Å². The van der Waals surface area contributed by atoms with Crippen LogP contribution < -0.4 is 4.74 Å². The predicted molar refractivity (Wildman–Crippen MR) is 58.3 cm³/mol. The Morgan fingerprint density at radius 1 is 1.50 bits per heavy atom. The van der Waals surface area contributed by atoms with Crippen molar-refractivity contribution in [2.75, 3.05) is 7.11 Å². The molecule has 1 aromatic rings. The lowest BCUT2D eigenvalue weighted by Crippen LogP contribution is -2.32. The van der Waals surface area contributed by atoms with E-state index in [9.17, 15) is 9.90 Å². The van der Waals surface area contributed by atoms with Gasteiger partial charge in [0.05, 0.1) is 7.11 Å². The Balaban J connectivity index is 2.49. The Bertz CT molecular complexity index is 446. The zero-order chi connectivity index (χ0) is 11.6. The minimum Gasteiger partial charge on any atom is -0.508 e. The van der Waals surface area contributed by atoms with E-state index in [1.165, 1.54) is 13.2 Å². The monoisotopic (exact) mass is 219 g/mol. The first kappa shape index (κ1) is 10.7. The molecule has 0 heterocycles. The topological polar surface area (TPSA) is 58.9 Å². The molecule has 84 valence electrons. The summed E-state index contributed by atoms with van der Waals surface area (Å²) < 4.78 is 5.20. The summed E-state index contributed by atoms with van der Waals surface area (Å²) in [4.78, 5) is 14.4. The van der Waals surface area contributed by atoms with E-state index >= 15 is 0 Å². The van der Waals surface area contributed by atoms with E-state index in [1.807, 2.05) is 0 Å². The molecular formula is C12H13NO3. The first-order valence-corrected chi connectivity index (χ1v) is 5.18. The highest BCUT2D eigenvalue weighted by Crippen LogP contribution is 2.48. The number of aliphatic imine (C=N–C) groups is 1. The van der Waals surface area contributed by atoms with Crippen molar-refractivity contribution < 1.29 is 14.6 Å². The summed E-state index contributed by atoms with van der Waals surface area (Å²) in [6.07, 6.45) is 4.31. The number of ether oxygens (including phenoxy) is 1. The van der Waals surface area contributed by atoms with Gasteiger partial charge >= 0.3 is 0 Å². The number of carbonyl (C=O) groups excluding carboxylic acids is 1. The van der Waals surface area contributed by atoms with Crippen molar-refractivity contribution in [3.8, 4) is 11.5 Å². The molecule has 1 aliphatic carbocycles. The molecule has 1 aliphatic rings. The number of aromatic hydroxyl groups is 1. The second-order valence-corrected chi connectivity index (χ2v) is 3.97. The van der Waals surface area contributed by atoms with Crippen molar-refractivity contribution in [3.63, 3.8) is 0 Å². The van der Waals surface area contributed by atoms with Gasteiger partial charge in [-0.25, -0.2) is 4.79 Å². The molecule has 0 unspecified atom stereocenters. The van der Waals surface area contributed by atoms with E-state index in [0.29, 0.717) is 5.75 Å². The highest BCUT2D eigenvalue weighted by molar-refractivity contribution is 5.48. The van der Waals surface area contributed by atoms with Gasteiger partial charge in [-0.15, -0.1) is 0 Å². The van der Waals surface area contributed by atoms with Crippen molar-refractivity contribution in [3.05, 3.63) is 23.8 Å². The maximum Gasteiger partial charge on any atom is 0.235 e. The van der Waals surface area contributed by atoms with Crippen molar-refractivity contribution in [2.24, 2.45) is 4.99 Å². The van der Waals surface area contributed by atoms with Crippen LogP contribution >= 0.6 is 0 Å². The summed E-state index contributed by atoms with van der Waals surface area (Å²) >= 11 is 0. The minimum absolute atomic E-state index is 0.144. The molecule has 1 saturated carbocycles. The lowest BCUT2D eigenvalue weighted by atomic mass is 9.72. The Hall–Kier alpha value is -1.80. The fraction of sp³-hybridized carbons (Fsp3) is 0.417. The molecule has 4 heteroatoms. The molecule has 0 radical (unpaired) electrons. The number of rotatable bonds is 3. The number of hydrogen-bond acceptors (Lipinski definition) is 4. The Morgan fingerprint density at radius 2 is 2.25 bits per heavy atom. The molecule has 1 N–H and O–H groups in total. The molecule has 0 bridgehead atoms. The van der Waals surface area contributed by atoms with Gasteiger partial charge in [0.15, 0.2) is 0 Å². The zero-order valence-electron chi connectivity index (χ0n) is 9.06. The van der Waals surface area contributed by atoms with E-state index in [0.717, 1.165) is 24.8 Å². The van der Waals surface area contributed by atoms with Gasteiger partial charge in [-0.1, -0.05) is 0 Å². The largest absolute Gasteiger partial charge is 0.508 e. The molecular weight excluding hydrogens is 206 g/mol. The number of isocyanates is 1. The van der Waals surface area contributed by atoms with E-state index < -0.39 is 5.54 Å². The zero-order valence-corrected chi connectivity index (χ0v) is 9.06. The number of hydrogen-bond donors (Lipinski definition) is 1. The molecule has 1 aromatic carbocycles. The van der Waals surface area contributed by atoms with Crippen LogP contribution in [0.15, 0.2) is 23.2 Å². The average molecular weight is 219 g/mol. The van der Waals surface area contributed by atoms with E-state index in [-0.39, 0.29) is 5.75 Å². The van der Waals surface area contributed by atoms with Gasteiger partial charge in [0.25, 0.3) is 0 Å². The first-order valence-electron chi connectivity index (χ1n) is 5.18. The third-order valence-electron chi connectivity index (χ3n) is 3.13. The third kappa shape index (κ3) is 1.57. The fourth-order valence-corrected chi connectivity index (χ4v) is 2.10. The summed E-state index contributed by atoms with van der Waals surface area (Å²) in [7, 11) is 1.54. The number of benzene rings is 1. The quantitative estimate of drug-likeness (QED) is 0.625. The van der Waals surface area contributed by atoms with Gasteiger partial charge < -0.3 is 9.84 Å². The van der Waals surface area contributed by atoms with Crippen LogP contribution in [0.1, 0.15) is 24.8 Å². The number of methoxy groups -OCH3 is 1. The average Bonchev–Trinajstić information content (AvgIpc) is 2.24. The fourth-order valence-electron chi connectivity index (χ4n) is 2.10. The Labute approximate surface area is 93.6 Å². The smallest absolute Gasteiger partial charge is 0.235 e. The predicted octanol–water partition coefficient (Wildman–Crippen LogP) is 2.12. The van der Waals surface area contributed by atoms with Crippen LogP contribution in [0.5, 0.6) is 11.5 Å². The first-order chi connectivity index (χ1) is 7.72. The van der Waals surface area contributed by atoms with E-state index in [1.54, 1.807) is 18.2 Å². The molecule has 0 atom stereocenters. The van der Waals surface area contributed by atoms with E-state index in [2.05, 4.69) is 4.99 Å². The van der Waals surface area contributed by atoms with Gasteiger partial charge in [0, 0.05) is 11.6 Å². The van der Waals surface area contributed by atoms with Crippen LogP contribution in [0.25, 0.3) is 0 Å². The second kappa shape index (κ2) is 3.99. The highest BCUT2D eigenvalue weighted by Gasteiger charge is 2.41. The SMILES string of the molecule is COc1cc(O)ccc1C1(N=C=O)CCC1. The maximum atomic E-state index is 10.5. The molecule has 0 spiro atoms. The molecule has 0 aliphatic heterocycles.